The van der Waals surface area contributed by atoms with E-state index in [1.54, 1.807) is 11.8 Å². The van der Waals surface area contributed by atoms with Gasteiger partial charge in [0.25, 0.3) is 0 Å². The molecule has 2 aromatic carbocycles. The Morgan fingerprint density at radius 2 is 1.88 bits per heavy atom. The molecule has 1 atom stereocenters. The van der Waals surface area contributed by atoms with Gasteiger partial charge in [-0.2, -0.15) is 0 Å². The third-order valence-corrected chi connectivity index (χ3v) is 8.32. The summed E-state index contributed by atoms with van der Waals surface area (Å²) in [7, 11) is 3.65. The summed E-state index contributed by atoms with van der Waals surface area (Å²) in [5.74, 6) is 1.37. The van der Waals surface area contributed by atoms with Crippen LogP contribution in [-0.4, -0.2) is 50.0 Å². The van der Waals surface area contributed by atoms with Crippen LogP contribution < -0.4 is 4.74 Å². The number of fused-ring (bicyclic) bond motifs is 3. The maximum Gasteiger partial charge on any atom is 0.124 e. The van der Waals surface area contributed by atoms with Crippen LogP contribution in [0.1, 0.15) is 56.0 Å². The molecule has 5 aromatic rings. The number of benzene rings is 2. The molecule has 3 aromatic heterocycles. The molecular formula is C32H37N5O3. The Hall–Kier alpha value is -3.75. The van der Waals surface area contributed by atoms with Crippen LogP contribution in [0.25, 0.3) is 33.2 Å². The lowest BCUT2D eigenvalue weighted by molar-refractivity contribution is 0.0609. The Morgan fingerprint density at radius 1 is 1.10 bits per heavy atom. The number of hydrogen-bond acceptors (Lipinski definition) is 6. The first-order valence-corrected chi connectivity index (χ1v) is 14.0. The van der Waals surface area contributed by atoms with Gasteiger partial charge in [0.15, 0.2) is 0 Å². The Morgan fingerprint density at radius 3 is 2.58 bits per heavy atom. The number of aromatic nitrogens is 5. The van der Waals surface area contributed by atoms with Crippen molar-refractivity contribution in [1.82, 2.24) is 24.5 Å². The van der Waals surface area contributed by atoms with Crippen LogP contribution in [0.15, 0.2) is 54.7 Å². The molecule has 6 rings (SSSR count). The van der Waals surface area contributed by atoms with Crippen molar-refractivity contribution < 1.29 is 14.6 Å². The molecule has 1 saturated heterocycles. The number of rotatable bonds is 7. The fraction of sp³-hybridized carbons (Fsp3) is 0.406. The summed E-state index contributed by atoms with van der Waals surface area (Å²) < 4.78 is 15.9. The minimum absolute atomic E-state index is 0.0147. The van der Waals surface area contributed by atoms with Gasteiger partial charge >= 0.3 is 0 Å². The lowest BCUT2D eigenvalue weighted by Gasteiger charge is -2.30. The number of para-hydroxylation sites is 1. The Bertz CT molecular complexity index is 1650. The highest BCUT2D eigenvalue weighted by molar-refractivity contribution is 6.07. The summed E-state index contributed by atoms with van der Waals surface area (Å²) in [6.45, 7) is 7.21. The first kappa shape index (κ1) is 26.5. The van der Waals surface area contributed by atoms with E-state index in [1.807, 2.05) is 52.2 Å². The van der Waals surface area contributed by atoms with Crippen molar-refractivity contribution in [3.63, 3.8) is 0 Å². The zero-order chi connectivity index (χ0) is 28.0. The summed E-state index contributed by atoms with van der Waals surface area (Å²) >= 11 is 0. The molecular weight excluding hydrogens is 502 g/mol. The summed E-state index contributed by atoms with van der Waals surface area (Å²) in [6, 6.07) is 16.7. The molecule has 4 heterocycles. The van der Waals surface area contributed by atoms with Gasteiger partial charge in [-0.1, -0.05) is 35.5 Å². The molecule has 0 saturated carbocycles. The Balaban J connectivity index is 1.67. The molecule has 8 nitrogen and oxygen atoms in total. The van der Waals surface area contributed by atoms with Crippen LogP contribution >= 0.6 is 0 Å². The van der Waals surface area contributed by atoms with E-state index in [1.165, 1.54) is 0 Å². The molecule has 1 fully saturated rings. The molecule has 8 heteroatoms. The molecule has 0 amide bonds. The van der Waals surface area contributed by atoms with Crippen molar-refractivity contribution in [3.8, 4) is 17.0 Å². The van der Waals surface area contributed by atoms with Gasteiger partial charge in [0, 0.05) is 43.0 Å². The van der Waals surface area contributed by atoms with Crippen molar-refractivity contribution in [1.29, 1.82) is 0 Å². The number of methoxy groups -OCH3 is 1. The Labute approximate surface area is 234 Å². The molecule has 40 heavy (non-hydrogen) atoms. The van der Waals surface area contributed by atoms with Gasteiger partial charge in [-0.3, -0.25) is 4.98 Å². The molecule has 0 bridgehead atoms. The van der Waals surface area contributed by atoms with E-state index in [2.05, 4.69) is 45.2 Å². The Kier molecular flexibility index (Phi) is 6.84. The molecule has 1 unspecified atom stereocenters. The lowest BCUT2D eigenvalue weighted by Crippen LogP contribution is -2.22. The van der Waals surface area contributed by atoms with E-state index < -0.39 is 5.60 Å². The van der Waals surface area contributed by atoms with E-state index in [0.29, 0.717) is 5.92 Å². The SMILES string of the molecule is COc1ccccc1C(CC1CCOCC1)n1c2cc(C(C)(C)O)ccc2c2ncc(-c3c(C)nnn3C)cc21. The summed E-state index contributed by atoms with van der Waals surface area (Å²) in [5.41, 5.74) is 6.79. The zero-order valence-corrected chi connectivity index (χ0v) is 23.9. The second-order valence-electron chi connectivity index (χ2n) is 11.4. The number of aryl methyl sites for hydroxylation is 2. The third-order valence-electron chi connectivity index (χ3n) is 8.32. The fourth-order valence-electron chi connectivity index (χ4n) is 6.22. The predicted octanol–water partition coefficient (Wildman–Crippen LogP) is 5.94. The highest BCUT2D eigenvalue weighted by atomic mass is 16.5. The van der Waals surface area contributed by atoms with Crippen LogP contribution in [0.3, 0.4) is 0 Å². The van der Waals surface area contributed by atoms with Crippen LogP contribution in [0.2, 0.25) is 0 Å². The average Bonchev–Trinajstić information content (AvgIpc) is 3.46. The molecule has 1 N–H and O–H groups in total. The standard InChI is InChI=1S/C32H37N5O3/c1-20-31(36(4)35-34-20)22-17-28-30(33-19-22)25-11-10-23(32(2,3)38)18-27(25)37(28)26(16-21-12-14-40-15-13-21)24-8-6-7-9-29(24)39-5/h6-11,17-19,21,26,38H,12-16H2,1-5H3. The average molecular weight is 540 g/mol. The second-order valence-corrected chi connectivity index (χ2v) is 11.4. The molecule has 0 radical (unpaired) electrons. The quantitative estimate of drug-likeness (QED) is 0.276. The molecule has 208 valence electrons. The number of nitrogens with zero attached hydrogens (tertiary/aromatic N) is 5. The summed E-state index contributed by atoms with van der Waals surface area (Å²) in [5, 5.41) is 20.5. The van der Waals surface area contributed by atoms with Crippen LogP contribution in [0.4, 0.5) is 0 Å². The van der Waals surface area contributed by atoms with Gasteiger partial charge in [-0.05, 0) is 69.7 Å². The van der Waals surface area contributed by atoms with Crippen molar-refractivity contribution in [2.75, 3.05) is 20.3 Å². The van der Waals surface area contributed by atoms with Crippen LogP contribution in [0.5, 0.6) is 5.75 Å². The highest BCUT2D eigenvalue weighted by Crippen LogP contribution is 2.42. The minimum Gasteiger partial charge on any atom is -0.496 e. The van der Waals surface area contributed by atoms with E-state index in [-0.39, 0.29) is 6.04 Å². The molecule has 1 aliphatic rings. The van der Waals surface area contributed by atoms with Gasteiger partial charge in [0.2, 0.25) is 0 Å². The van der Waals surface area contributed by atoms with Crippen molar-refractivity contribution in [2.45, 2.75) is 51.7 Å². The topological polar surface area (TPSA) is 87.2 Å². The zero-order valence-electron chi connectivity index (χ0n) is 23.9. The normalized spacial score (nSPS) is 15.7. The number of aliphatic hydroxyl groups is 1. The number of hydrogen-bond donors (Lipinski definition) is 1. The summed E-state index contributed by atoms with van der Waals surface area (Å²) in [4.78, 5) is 5.02. The van der Waals surface area contributed by atoms with Gasteiger partial charge in [-0.25, -0.2) is 4.68 Å². The largest absolute Gasteiger partial charge is 0.496 e. The maximum absolute atomic E-state index is 11.0. The van der Waals surface area contributed by atoms with Crippen molar-refractivity contribution >= 4 is 21.9 Å². The molecule has 1 aliphatic heterocycles. The fourth-order valence-corrected chi connectivity index (χ4v) is 6.22. The van der Waals surface area contributed by atoms with Crippen LogP contribution in [0, 0.1) is 12.8 Å². The van der Waals surface area contributed by atoms with E-state index >= 15 is 0 Å². The smallest absolute Gasteiger partial charge is 0.124 e. The molecule has 0 aliphatic carbocycles. The minimum atomic E-state index is -0.980. The highest BCUT2D eigenvalue weighted by Gasteiger charge is 2.29. The second kappa shape index (κ2) is 10.3. The van der Waals surface area contributed by atoms with E-state index in [4.69, 9.17) is 14.5 Å². The number of pyridine rings is 1. The van der Waals surface area contributed by atoms with Crippen LogP contribution in [-0.2, 0) is 17.4 Å². The number of ether oxygens (including phenoxy) is 2. The van der Waals surface area contributed by atoms with E-state index in [9.17, 15) is 5.11 Å². The maximum atomic E-state index is 11.0. The third kappa shape index (κ3) is 4.65. The van der Waals surface area contributed by atoms with Gasteiger partial charge in [0.05, 0.1) is 46.7 Å². The monoisotopic (exact) mass is 539 g/mol. The van der Waals surface area contributed by atoms with Gasteiger partial charge < -0.3 is 19.1 Å². The van der Waals surface area contributed by atoms with Crippen molar-refractivity contribution in [3.05, 3.63) is 71.5 Å². The predicted molar refractivity (Wildman–Crippen MR) is 157 cm³/mol. The lowest BCUT2D eigenvalue weighted by atomic mass is 9.88. The van der Waals surface area contributed by atoms with E-state index in [0.717, 1.165) is 88.2 Å². The molecule has 0 spiro atoms. The van der Waals surface area contributed by atoms with Gasteiger partial charge in [0.1, 0.15) is 5.75 Å². The van der Waals surface area contributed by atoms with Crippen molar-refractivity contribution in [2.24, 2.45) is 13.0 Å². The van der Waals surface area contributed by atoms with Gasteiger partial charge in [-0.15, -0.1) is 5.10 Å². The first-order valence-electron chi connectivity index (χ1n) is 14.0. The summed E-state index contributed by atoms with van der Waals surface area (Å²) in [6.07, 6.45) is 4.91. The first-order chi connectivity index (χ1) is 19.3.